The summed E-state index contributed by atoms with van der Waals surface area (Å²) in [5.41, 5.74) is 1.10. The van der Waals surface area contributed by atoms with Gasteiger partial charge in [0.25, 0.3) is 0 Å². The Bertz CT molecular complexity index is 477. The first-order valence-corrected chi connectivity index (χ1v) is 7.80. The van der Waals surface area contributed by atoms with Crippen LogP contribution in [0.4, 0.5) is 0 Å². The lowest BCUT2D eigenvalue weighted by molar-refractivity contribution is -0.121. The molecule has 0 spiro atoms. The quantitative estimate of drug-likeness (QED) is 0.353. The van der Waals surface area contributed by atoms with E-state index in [2.05, 4.69) is 41.7 Å². The van der Waals surface area contributed by atoms with Gasteiger partial charge in [0.05, 0.1) is 0 Å². The Kier molecular flexibility index (Phi) is 11.5. The van der Waals surface area contributed by atoms with Crippen molar-refractivity contribution in [3.05, 3.63) is 35.9 Å². The number of guanidine groups is 1. The summed E-state index contributed by atoms with van der Waals surface area (Å²) >= 11 is 0. The molecule has 1 atom stereocenters. The second-order valence-electron chi connectivity index (χ2n) is 5.69. The molecule has 1 rings (SSSR count). The van der Waals surface area contributed by atoms with E-state index in [4.69, 9.17) is 0 Å². The van der Waals surface area contributed by atoms with Gasteiger partial charge in [-0.15, -0.1) is 24.0 Å². The molecule has 0 aliphatic carbocycles. The first-order chi connectivity index (χ1) is 10.5. The predicted octanol–water partition coefficient (Wildman–Crippen LogP) is 2.52. The molecule has 1 aromatic rings. The zero-order valence-corrected chi connectivity index (χ0v) is 16.8. The van der Waals surface area contributed by atoms with E-state index in [0.29, 0.717) is 31.5 Å². The Morgan fingerprint density at radius 1 is 1.13 bits per heavy atom. The van der Waals surface area contributed by atoms with Crippen molar-refractivity contribution < 1.29 is 4.79 Å². The number of amides is 1. The fourth-order valence-corrected chi connectivity index (χ4v) is 1.76. The number of benzene rings is 1. The maximum atomic E-state index is 11.8. The zero-order valence-electron chi connectivity index (χ0n) is 14.4. The van der Waals surface area contributed by atoms with Gasteiger partial charge in [-0.2, -0.15) is 0 Å². The van der Waals surface area contributed by atoms with E-state index in [1.54, 1.807) is 7.05 Å². The van der Waals surface area contributed by atoms with Crippen molar-refractivity contribution in [2.45, 2.75) is 39.8 Å². The largest absolute Gasteiger partial charge is 0.356 e. The lowest BCUT2D eigenvalue weighted by Crippen LogP contribution is -2.45. The van der Waals surface area contributed by atoms with E-state index in [0.717, 1.165) is 11.5 Å². The van der Waals surface area contributed by atoms with Crippen LogP contribution in [0.2, 0.25) is 0 Å². The number of carbonyl (C=O) groups excluding carboxylic acids is 1. The minimum atomic E-state index is 0. The Morgan fingerprint density at radius 2 is 1.78 bits per heavy atom. The summed E-state index contributed by atoms with van der Waals surface area (Å²) in [4.78, 5) is 16.0. The monoisotopic (exact) mass is 432 g/mol. The molecule has 0 aromatic heterocycles. The molecule has 0 saturated heterocycles. The highest BCUT2D eigenvalue weighted by atomic mass is 127. The van der Waals surface area contributed by atoms with E-state index >= 15 is 0 Å². The molecule has 6 heteroatoms. The lowest BCUT2D eigenvalue weighted by Gasteiger charge is -2.20. The van der Waals surface area contributed by atoms with Gasteiger partial charge < -0.3 is 16.0 Å². The van der Waals surface area contributed by atoms with Crippen LogP contribution in [0.3, 0.4) is 0 Å². The van der Waals surface area contributed by atoms with E-state index < -0.39 is 0 Å². The fourth-order valence-electron chi connectivity index (χ4n) is 1.76. The minimum Gasteiger partial charge on any atom is -0.356 e. The van der Waals surface area contributed by atoms with Crippen molar-refractivity contribution in [1.82, 2.24) is 16.0 Å². The van der Waals surface area contributed by atoms with Crippen LogP contribution in [0, 0.1) is 5.92 Å². The third kappa shape index (κ3) is 9.43. The van der Waals surface area contributed by atoms with E-state index in [-0.39, 0.29) is 29.9 Å². The number of carbonyl (C=O) groups is 1. The second kappa shape index (κ2) is 12.2. The van der Waals surface area contributed by atoms with Crippen molar-refractivity contribution in [3.8, 4) is 0 Å². The van der Waals surface area contributed by atoms with Crippen LogP contribution in [0.5, 0.6) is 0 Å². The molecule has 1 unspecified atom stereocenters. The zero-order chi connectivity index (χ0) is 16.4. The second-order valence-corrected chi connectivity index (χ2v) is 5.69. The summed E-state index contributed by atoms with van der Waals surface area (Å²) in [6, 6.07) is 10.2. The van der Waals surface area contributed by atoms with Crippen LogP contribution in [0.15, 0.2) is 35.3 Å². The average Bonchev–Trinajstić information content (AvgIpc) is 2.52. The van der Waals surface area contributed by atoms with Crippen LogP contribution in [0.25, 0.3) is 0 Å². The molecular formula is C17H29IN4O. The van der Waals surface area contributed by atoms with E-state index in [1.807, 2.05) is 30.3 Å². The Morgan fingerprint density at radius 3 is 2.35 bits per heavy atom. The summed E-state index contributed by atoms with van der Waals surface area (Å²) in [6.07, 6.45) is 0.420. The number of nitrogens with zero attached hydrogens (tertiary/aromatic N) is 1. The van der Waals surface area contributed by atoms with Crippen LogP contribution in [0.1, 0.15) is 32.8 Å². The minimum absolute atomic E-state index is 0. The van der Waals surface area contributed by atoms with Gasteiger partial charge >= 0.3 is 0 Å². The highest BCUT2D eigenvalue weighted by Gasteiger charge is 2.09. The first-order valence-electron chi connectivity index (χ1n) is 7.80. The van der Waals surface area contributed by atoms with Gasteiger partial charge in [0.15, 0.2) is 5.96 Å². The highest BCUT2D eigenvalue weighted by molar-refractivity contribution is 14.0. The van der Waals surface area contributed by atoms with Crippen LogP contribution in [-0.2, 0) is 11.3 Å². The van der Waals surface area contributed by atoms with Gasteiger partial charge in [-0.3, -0.25) is 9.79 Å². The standard InChI is InChI=1S/C17H28N4O.HI/c1-13(2)14(3)21-17(18-4)19-11-10-16(22)20-12-15-8-6-5-7-9-15;/h5-9,13-14H,10-12H2,1-4H3,(H,20,22)(H2,18,19,21);1H. The van der Waals surface area contributed by atoms with Gasteiger partial charge in [0.2, 0.25) is 5.91 Å². The van der Waals surface area contributed by atoms with Crippen LogP contribution in [-0.4, -0.2) is 31.5 Å². The van der Waals surface area contributed by atoms with Crippen molar-refractivity contribution in [1.29, 1.82) is 0 Å². The first kappa shape index (κ1) is 21.7. The van der Waals surface area contributed by atoms with E-state index in [9.17, 15) is 4.79 Å². The van der Waals surface area contributed by atoms with E-state index in [1.165, 1.54) is 0 Å². The molecule has 0 heterocycles. The topological polar surface area (TPSA) is 65.5 Å². The van der Waals surface area contributed by atoms with Crippen molar-refractivity contribution in [2.24, 2.45) is 10.9 Å². The summed E-state index contributed by atoms with van der Waals surface area (Å²) in [6.45, 7) is 7.55. The smallest absolute Gasteiger partial charge is 0.222 e. The molecule has 3 N–H and O–H groups in total. The van der Waals surface area contributed by atoms with Crippen molar-refractivity contribution in [2.75, 3.05) is 13.6 Å². The molecule has 0 bridgehead atoms. The molecule has 5 nitrogen and oxygen atoms in total. The number of nitrogens with one attached hydrogen (secondary N) is 3. The number of aliphatic imine (C=N–C) groups is 1. The average molecular weight is 432 g/mol. The highest BCUT2D eigenvalue weighted by Crippen LogP contribution is 1.99. The molecular weight excluding hydrogens is 403 g/mol. The molecule has 0 saturated carbocycles. The Hall–Kier alpha value is -1.31. The van der Waals surface area contributed by atoms with Gasteiger partial charge in [0, 0.05) is 32.6 Å². The molecule has 1 aromatic carbocycles. The Balaban J connectivity index is 0.00000484. The number of hydrogen-bond donors (Lipinski definition) is 3. The number of hydrogen-bond acceptors (Lipinski definition) is 2. The fraction of sp³-hybridized carbons (Fsp3) is 0.529. The maximum Gasteiger partial charge on any atom is 0.222 e. The SMILES string of the molecule is CN=C(NCCC(=O)NCc1ccccc1)NC(C)C(C)C.I. The molecule has 0 aliphatic heterocycles. The predicted molar refractivity (Wildman–Crippen MR) is 107 cm³/mol. The summed E-state index contributed by atoms with van der Waals surface area (Å²) in [7, 11) is 1.73. The maximum absolute atomic E-state index is 11.8. The molecule has 0 fully saturated rings. The van der Waals surface area contributed by atoms with Gasteiger partial charge in [-0.25, -0.2) is 0 Å². The summed E-state index contributed by atoms with van der Waals surface area (Å²) in [5.74, 6) is 1.29. The van der Waals surface area contributed by atoms with Crippen LogP contribution >= 0.6 is 24.0 Å². The summed E-state index contributed by atoms with van der Waals surface area (Å²) in [5, 5.41) is 9.38. The van der Waals surface area contributed by atoms with Gasteiger partial charge in [-0.05, 0) is 18.4 Å². The number of rotatable bonds is 7. The normalized spacial score (nSPS) is 12.3. The molecule has 0 radical (unpaired) electrons. The molecule has 130 valence electrons. The van der Waals surface area contributed by atoms with Gasteiger partial charge in [0.1, 0.15) is 0 Å². The number of halogens is 1. The van der Waals surface area contributed by atoms with Gasteiger partial charge in [-0.1, -0.05) is 44.2 Å². The van der Waals surface area contributed by atoms with Crippen molar-refractivity contribution in [3.63, 3.8) is 0 Å². The third-order valence-corrected chi connectivity index (χ3v) is 3.57. The molecule has 23 heavy (non-hydrogen) atoms. The van der Waals surface area contributed by atoms with Crippen LogP contribution < -0.4 is 16.0 Å². The Labute approximate surface area is 156 Å². The van der Waals surface area contributed by atoms with Crippen molar-refractivity contribution >= 4 is 35.8 Å². The molecule has 0 aliphatic rings. The third-order valence-electron chi connectivity index (χ3n) is 3.57. The lowest BCUT2D eigenvalue weighted by atomic mass is 10.1. The summed E-state index contributed by atoms with van der Waals surface area (Å²) < 4.78 is 0. The molecule has 1 amide bonds.